The Bertz CT molecular complexity index is 330. The molecule has 0 bridgehead atoms. The van der Waals surface area contributed by atoms with Gasteiger partial charge in [-0.2, -0.15) is 0 Å². The van der Waals surface area contributed by atoms with Gasteiger partial charge >= 0.3 is 0 Å². The molecule has 0 fully saturated rings. The fourth-order valence-electron chi connectivity index (χ4n) is 0.919. The Hall–Kier alpha value is -1.03. The molecule has 0 saturated heterocycles. The van der Waals surface area contributed by atoms with Crippen LogP contribution in [0.2, 0.25) is 0 Å². The maximum absolute atomic E-state index is 11.6. The maximum atomic E-state index is 11.6. The standard InChI is InChI=1S/C9H12N2OS/c1-4-6(2)5-8(12)9-7(3)10-11-13-9/h2,4-5H2,1,3H3. The van der Waals surface area contributed by atoms with Crippen LogP contribution in [0.1, 0.15) is 35.1 Å². The number of ketones is 1. The second-order valence-corrected chi connectivity index (χ2v) is 3.65. The summed E-state index contributed by atoms with van der Waals surface area (Å²) >= 11 is 1.16. The lowest BCUT2D eigenvalue weighted by atomic mass is 10.1. The Morgan fingerprint density at radius 1 is 1.62 bits per heavy atom. The van der Waals surface area contributed by atoms with Crippen LogP contribution in [0.5, 0.6) is 0 Å². The first-order valence-corrected chi connectivity index (χ1v) is 4.91. The molecule has 0 amide bonds. The first kappa shape index (κ1) is 10.1. The molecular formula is C9H12N2OS. The second-order valence-electron chi connectivity index (χ2n) is 2.89. The zero-order valence-electron chi connectivity index (χ0n) is 7.83. The van der Waals surface area contributed by atoms with Gasteiger partial charge in [0.05, 0.1) is 5.69 Å². The van der Waals surface area contributed by atoms with Crippen LogP contribution in [0.3, 0.4) is 0 Å². The summed E-state index contributed by atoms with van der Waals surface area (Å²) in [5.41, 5.74) is 1.68. The monoisotopic (exact) mass is 196 g/mol. The molecule has 0 radical (unpaired) electrons. The molecule has 1 rings (SSSR count). The van der Waals surface area contributed by atoms with Crippen molar-refractivity contribution in [2.45, 2.75) is 26.7 Å². The predicted molar refractivity (Wildman–Crippen MR) is 53.0 cm³/mol. The molecule has 13 heavy (non-hydrogen) atoms. The molecule has 1 aromatic rings. The number of hydrogen-bond acceptors (Lipinski definition) is 4. The Balaban J connectivity index is 2.69. The highest BCUT2D eigenvalue weighted by atomic mass is 32.1. The molecule has 1 aromatic heterocycles. The molecule has 1 heterocycles. The van der Waals surface area contributed by atoms with E-state index in [0.717, 1.165) is 29.2 Å². The van der Waals surface area contributed by atoms with Crippen molar-refractivity contribution in [1.82, 2.24) is 9.59 Å². The minimum atomic E-state index is 0.0827. The molecule has 70 valence electrons. The number of carbonyl (C=O) groups is 1. The van der Waals surface area contributed by atoms with Crippen LogP contribution in [-0.4, -0.2) is 15.4 Å². The van der Waals surface area contributed by atoms with Gasteiger partial charge in [0, 0.05) is 6.42 Å². The van der Waals surface area contributed by atoms with Crippen LogP contribution in [0.15, 0.2) is 12.2 Å². The largest absolute Gasteiger partial charge is 0.293 e. The van der Waals surface area contributed by atoms with Crippen LogP contribution in [0.4, 0.5) is 0 Å². The molecule has 0 spiro atoms. The normalized spacial score (nSPS) is 10.0. The predicted octanol–water partition coefficient (Wildman–Crippen LogP) is 2.39. The van der Waals surface area contributed by atoms with E-state index in [0.29, 0.717) is 11.3 Å². The van der Waals surface area contributed by atoms with E-state index in [1.54, 1.807) is 6.92 Å². The zero-order chi connectivity index (χ0) is 9.84. The van der Waals surface area contributed by atoms with Gasteiger partial charge in [-0.15, -0.1) is 5.10 Å². The Morgan fingerprint density at radius 2 is 2.31 bits per heavy atom. The van der Waals surface area contributed by atoms with Gasteiger partial charge in [-0.1, -0.05) is 23.6 Å². The van der Waals surface area contributed by atoms with E-state index in [2.05, 4.69) is 16.2 Å². The van der Waals surface area contributed by atoms with E-state index in [4.69, 9.17) is 0 Å². The van der Waals surface area contributed by atoms with E-state index in [1.165, 1.54) is 0 Å². The quantitative estimate of drug-likeness (QED) is 0.548. The van der Waals surface area contributed by atoms with Gasteiger partial charge in [0.2, 0.25) is 0 Å². The number of nitrogens with zero attached hydrogens (tertiary/aromatic N) is 2. The van der Waals surface area contributed by atoms with Crippen LogP contribution < -0.4 is 0 Å². The van der Waals surface area contributed by atoms with Gasteiger partial charge < -0.3 is 0 Å². The van der Waals surface area contributed by atoms with Crippen molar-refractivity contribution in [2.75, 3.05) is 0 Å². The number of hydrogen-bond donors (Lipinski definition) is 0. The summed E-state index contributed by atoms with van der Waals surface area (Å²) in [5, 5.41) is 3.79. The highest BCUT2D eigenvalue weighted by Gasteiger charge is 2.13. The molecular weight excluding hydrogens is 184 g/mol. The summed E-state index contributed by atoms with van der Waals surface area (Å²) in [4.78, 5) is 12.2. The molecule has 4 heteroatoms. The highest BCUT2D eigenvalue weighted by Crippen LogP contribution is 2.15. The molecule has 0 aliphatic heterocycles. The van der Waals surface area contributed by atoms with Gasteiger partial charge in [-0.3, -0.25) is 4.79 Å². The lowest BCUT2D eigenvalue weighted by Crippen LogP contribution is -1.99. The van der Waals surface area contributed by atoms with Crippen molar-refractivity contribution >= 4 is 17.3 Å². The first-order valence-electron chi connectivity index (χ1n) is 4.14. The summed E-state index contributed by atoms with van der Waals surface area (Å²) in [5.74, 6) is 0.0827. The van der Waals surface area contributed by atoms with E-state index >= 15 is 0 Å². The third-order valence-corrected chi connectivity index (χ3v) is 2.68. The summed E-state index contributed by atoms with van der Waals surface area (Å²) in [6, 6.07) is 0. The average molecular weight is 196 g/mol. The summed E-state index contributed by atoms with van der Waals surface area (Å²) in [6.07, 6.45) is 1.26. The van der Waals surface area contributed by atoms with Gasteiger partial charge in [0.25, 0.3) is 0 Å². The molecule has 0 N–H and O–H groups in total. The number of allylic oxidation sites excluding steroid dienone is 1. The lowest BCUT2D eigenvalue weighted by Gasteiger charge is -1.98. The van der Waals surface area contributed by atoms with E-state index in [-0.39, 0.29) is 5.78 Å². The smallest absolute Gasteiger partial charge is 0.180 e. The topological polar surface area (TPSA) is 42.9 Å². The van der Waals surface area contributed by atoms with E-state index in [1.807, 2.05) is 6.92 Å². The Kier molecular flexibility index (Phi) is 3.31. The average Bonchev–Trinajstić information content (AvgIpc) is 2.51. The molecule has 0 aliphatic carbocycles. The summed E-state index contributed by atoms with van der Waals surface area (Å²) < 4.78 is 3.72. The highest BCUT2D eigenvalue weighted by molar-refractivity contribution is 7.08. The van der Waals surface area contributed by atoms with Crippen molar-refractivity contribution < 1.29 is 4.79 Å². The van der Waals surface area contributed by atoms with Crippen molar-refractivity contribution in [2.24, 2.45) is 0 Å². The number of aryl methyl sites for hydroxylation is 1. The minimum absolute atomic E-state index is 0.0827. The first-order chi connectivity index (χ1) is 6.15. The van der Waals surface area contributed by atoms with Gasteiger partial charge in [-0.25, -0.2) is 0 Å². The van der Waals surface area contributed by atoms with Crippen LogP contribution in [0.25, 0.3) is 0 Å². The van der Waals surface area contributed by atoms with Crippen LogP contribution >= 0.6 is 11.5 Å². The van der Waals surface area contributed by atoms with E-state index < -0.39 is 0 Å². The molecule has 0 saturated carbocycles. The van der Waals surface area contributed by atoms with Gasteiger partial charge in [-0.05, 0) is 24.9 Å². The van der Waals surface area contributed by atoms with Crippen LogP contribution in [-0.2, 0) is 0 Å². The molecule has 0 atom stereocenters. The SMILES string of the molecule is C=C(CC)CC(=O)c1snnc1C. The van der Waals surface area contributed by atoms with Crippen molar-refractivity contribution in [1.29, 1.82) is 0 Å². The Morgan fingerprint density at radius 3 is 2.77 bits per heavy atom. The molecule has 0 aliphatic rings. The fourth-order valence-corrected chi connectivity index (χ4v) is 1.51. The zero-order valence-corrected chi connectivity index (χ0v) is 8.65. The number of carbonyl (C=O) groups excluding carboxylic acids is 1. The van der Waals surface area contributed by atoms with Gasteiger partial charge in [0.1, 0.15) is 4.88 Å². The number of aromatic nitrogens is 2. The summed E-state index contributed by atoms with van der Waals surface area (Å²) in [6.45, 7) is 7.59. The van der Waals surface area contributed by atoms with Crippen molar-refractivity contribution in [3.8, 4) is 0 Å². The Labute approximate surface area is 81.6 Å². The number of rotatable bonds is 4. The molecule has 0 aromatic carbocycles. The third-order valence-electron chi connectivity index (χ3n) is 1.82. The minimum Gasteiger partial charge on any atom is -0.293 e. The fraction of sp³-hybridized carbons (Fsp3) is 0.444. The lowest BCUT2D eigenvalue weighted by molar-refractivity contribution is 0.0995. The van der Waals surface area contributed by atoms with E-state index in [9.17, 15) is 4.79 Å². The maximum Gasteiger partial charge on any atom is 0.180 e. The van der Waals surface area contributed by atoms with Crippen molar-refractivity contribution in [3.63, 3.8) is 0 Å². The second kappa shape index (κ2) is 4.28. The molecule has 3 nitrogen and oxygen atoms in total. The third kappa shape index (κ3) is 2.45. The number of Topliss-reactive ketones (excluding diaryl/α,β-unsaturated/α-hetero) is 1. The molecule has 0 unspecified atom stereocenters. The van der Waals surface area contributed by atoms with Crippen LogP contribution in [0, 0.1) is 6.92 Å². The summed E-state index contributed by atoms with van der Waals surface area (Å²) in [7, 11) is 0. The van der Waals surface area contributed by atoms with Crippen molar-refractivity contribution in [3.05, 3.63) is 22.7 Å². The van der Waals surface area contributed by atoms with Gasteiger partial charge in [0.15, 0.2) is 5.78 Å².